The van der Waals surface area contributed by atoms with Crippen molar-refractivity contribution in [2.75, 3.05) is 26.2 Å². The lowest BCUT2D eigenvalue weighted by atomic mass is 10.3. The fraction of sp³-hybridized carbons (Fsp3) is 0.769. The lowest BCUT2D eigenvalue weighted by Gasteiger charge is -2.16. The molecule has 2 rings (SSSR count). The number of rotatable bonds is 6. The SMILES string of the molecule is C[C@@H](NC(=O)NCCCN1CCCC1)c1nncn1C. The van der Waals surface area contributed by atoms with Gasteiger partial charge >= 0.3 is 6.03 Å². The molecular weight excluding hydrogens is 256 g/mol. The molecule has 2 amide bonds. The summed E-state index contributed by atoms with van der Waals surface area (Å²) >= 11 is 0. The van der Waals surface area contributed by atoms with Crippen molar-refractivity contribution in [3.05, 3.63) is 12.2 Å². The second kappa shape index (κ2) is 7.23. The van der Waals surface area contributed by atoms with Crippen molar-refractivity contribution >= 4 is 6.03 Å². The van der Waals surface area contributed by atoms with Crippen LogP contribution in [0.2, 0.25) is 0 Å². The number of likely N-dealkylation sites (tertiary alicyclic amines) is 1. The van der Waals surface area contributed by atoms with E-state index in [0.717, 1.165) is 18.8 Å². The van der Waals surface area contributed by atoms with Gasteiger partial charge in [-0.05, 0) is 45.8 Å². The largest absolute Gasteiger partial charge is 0.338 e. The Hall–Kier alpha value is -1.63. The molecule has 2 N–H and O–H groups in total. The molecule has 0 aliphatic carbocycles. The lowest BCUT2D eigenvalue weighted by Crippen LogP contribution is -2.39. The van der Waals surface area contributed by atoms with E-state index in [1.165, 1.54) is 25.9 Å². The highest BCUT2D eigenvalue weighted by atomic mass is 16.2. The molecule has 7 heteroatoms. The van der Waals surface area contributed by atoms with Crippen molar-refractivity contribution in [3.8, 4) is 0 Å². The molecule has 7 nitrogen and oxygen atoms in total. The second-order valence-corrected chi connectivity index (χ2v) is 5.32. The number of urea groups is 1. The van der Waals surface area contributed by atoms with E-state index in [4.69, 9.17) is 0 Å². The van der Waals surface area contributed by atoms with Gasteiger partial charge in [0.1, 0.15) is 6.33 Å². The highest BCUT2D eigenvalue weighted by Gasteiger charge is 2.14. The van der Waals surface area contributed by atoms with Gasteiger partial charge in [-0.1, -0.05) is 0 Å². The Kier molecular flexibility index (Phi) is 5.34. The number of hydrogen-bond acceptors (Lipinski definition) is 4. The Balaban J connectivity index is 1.61. The van der Waals surface area contributed by atoms with Gasteiger partial charge in [0.25, 0.3) is 0 Å². The monoisotopic (exact) mass is 280 g/mol. The van der Waals surface area contributed by atoms with Gasteiger partial charge in [-0.25, -0.2) is 4.79 Å². The van der Waals surface area contributed by atoms with E-state index < -0.39 is 0 Å². The molecule has 0 aromatic carbocycles. The van der Waals surface area contributed by atoms with Crippen LogP contribution in [0.4, 0.5) is 4.79 Å². The summed E-state index contributed by atoms with van der Waals surface area (Å²) in [5, 5.41) is 13.5. The Morgan fingerprint density at radius 1 is 1.45 bits per heavy atom. The number of carbonyl (C=O) groups is 1. The molecule has 1 aliphatic rings. The Bertz CT molecular complexity index is 426. The summed E-state index contributed by atoms with van der Waals surface area (Å²) in [7, 11) is 1.86. The molecule has 1 fully saturated rings. The summed E-state index contributed by atoms with van der Waals surface area (Å²) in [5.41, 5.74) is 0. The maximum absolute atomic E-state index is 11.8. The average molecular weight is 280 g/mol. The van der Waals surface area contributed by atoms with Crippen LogP contribution in [0.15, 0.2) is 6.33 Å². The van der Waals surface area contributed by atoms with Crippen molar-refractivity contribution in [1.29, 1.82) is 0 Å². The van der Waals surface area contributed by atoms with E-state index >= 15 is 0 Å². The van der Waals surface area contributed by atoms with E-state index in [1.54, 1.807) is 10.9 Å². The van der Waals surface area contributed by atoms with Crippen LogP contribution in [0.25, 0.3) is 0 Å². The first kappa shape index (κ1) is 14.8. The fourth-order valence-electron chi connectivity index (χ4n) is 2.51. The van der Waals surface area contributed by atoms with Crippen LogP contribution < -0.4 is 10.6 Å². The molecule has 0 bridgehead atoms. The molecule has 1 aromatic heterocycles. The average Bonchev–Trinajstić information content (AvgIpc) is 3.05. The number of nitrogens with one attached hydrogen (secondary N) is 2. The number of aryl methyl sites for hydroxylation is 1. The first-order valence-corrected chi connectivity index (χ1v) is 7.27. The predicted molar refractivity (Wildman–Crippen MR) is 76.2 cm³/mol. The minimum Gasteiger partial charge on any atom is -0.338 e. The Morgan fingerprint density at radius 3 is 2.85 bits per heavy atom. The molecule has 1 aliphatic heterocycles. The summed E-state index contributed by atoms with van der Waals surface area (Å²) < 4.78 is 1.80. The summed E-state index contributed by atoms with van der Waals surface area (Å²) in [5.74, 6) is 0.747. The van der Waals surface area contributed by atoms with Crippen LogP contribution in [-0.4, -0.2) is 51.9 Å². The van der Waals surface area contributed by atoms with Gasteiger partial charge in [0.15, 0.2) is 5.82 Å². The number of aromatic nitrogens is 3. The van der Waals surface area contributed by atoms with Crippen molar-refractivity contribution in [2.45, 2.75) is 32.2 Å². The van der Waals surface area contributed by atoms with Crippen LogP contribution in [0, 0.1) is 0 Å². The molecule has 0 saturated carbocycles. The number of carbonyl (C=O) groups excluding carboxylic acids is 1. The summed E-state index contributed by atoms with van der Waals surface area (Å²) in [6.07, 6.45) is 5.24. The molecular formula is C13H24N6O. The first-order chi connectivity index (χ1) is 9.66. The van der Waals surface area contributed by atoms with Crippen LogP contribution in [0.1, 0.15) is 38.1 Å². The van der Waals surface area contributed by atoms with E-state index in [-0.39, 0.29) is 12.1 Å². The molecule has 0 radical (unpaired) electrons. The molecule has 1 aromatic rings. The summed E-state index contributed by atoms with van der Waals surface area (Å²) in [6.45, 7) is 6.07. The number of nitrogens with zero attached hydrogens (tertiary/aromatic N) is 4. The van der Waals surface area contributed by atoms with Gasteiger partial charge in [-0.2, -0.15) is 0 Å². The molecule has 112 valence electrons. The van der Waals surface area contributed by atoms with Crippen LogP contribution >= 0.6 is 0 Å². The van der Waals surface area contributed by atoms with Gasteiger partial charge in [0, 0.05) is 13.6 Å². The normalized spacial score (nSPS) is 17.1. The van der Waals surface area contributed by atoms with Crippen molar-refractivity contribution in [1.82, 2.24) is 30.3 Å². The van der Waals surface area contributed by atoms with Gasteiger partial charge in [0.05, 0.1) is 6.04 Å². The quantitative estimate of drug-likeness (QED) is 0.751. The van der Waals surface area contributed by atoms with E-state index in [2.05, 4.69) is 25.7 Å². The third kappa shape index (κ3) is 4.19. The highest BCUT2D eigenvalue weighted by Crippen LogP contribution is 2.07. The smallest absolute Gasteiger partial charge is 0.315 e. The second-order valence-electron chi connectivity index (χ2n) is 5.32. The Morgan fingerprint density at radius 2 is 2.20 bits per heavy atom. The number of hydrogen-bond donors (Lipinski definition) is 2. The van der Waals surface area contributed by atoms with Crippen molar-refractivity contribution < 1.29 is 4.79 Å². The van der Waals surface area contributed by atoms with Crippen LogP contribution in [0.3, 0.4) is 0 Å². The third-order valence-electron chi connectivity index (χ3n) is 3.62. The Labute approximate surface area is 119 Å². The van der Waals surface area contributed by atoms with E-state index in [9.17, 15) is 4.79 Å². The fourth-order valence-corrected chi connectivity index (χ4v) is 2.51. The molecule has 2 heterocycles. The van der Waals surface area contributed by atoms with Crippen LogP contribution in [-0.2, 0) is 7.05 Å². The zero-order chi connectivity index (χ0) is 14.4. The predicted octanol–water partition coefficient (Wildman–Crippen LogP) is 0.661. The lowest BCUT2D eigenvalue weighted by molar-refractivity contribution is 0.236. The topological polar surface area (TPSA) is 75.1 Å². The molecule has 0 unspecified atom stereocenters. The minimum absolute atomic E-state index is 0.151. The van der Waals surface area contributed by atoms with Gasteiger partial charge < -0.3 is 20.1 Å². The number of amides is 2. The van der Waals surface area contributed by atoms with E-state index in [1.807, 2.05) is 14.0 Å². The van der Waals surface area contributed by atoms with Crippen molar-refractivity contribution in [2.24, 2.45) is 7.05 Å². The zero-order valence-electron chi connectivity index (χ0n) is 12.3. The summed E-state index contributed by atoms with van der Waals surface area (Å²) in [6, 6.07) is -0.303. The molecule has 1 saturated heterocycles. The van der Waals surface area contributed by atoms with Gasteiger partial charge in [0.2, 0.25) is 0 Å². The first-order valence-electron chi connectivity index (χ1n) is 7.27. The van der Waals surface area contributed by atoms with Gasteiger partial charge in [-0.15, -0.1) is 10.2 Å². The van der Waals surface area contributed by atoms with Crippen LogP contribution in [0.5, 0.6) is 0 Å². The molecule has 0 spiro atoms. The van der Waals surface area contributed by atoms with Crippen molar-refractivity contribution in [3.63, 3.8) is 0 Å². The van der Waals surface area contributed by atoms with E-state index in [0.29, 0.717) is 6.54 Å². The maximum Gasteiger partial charge on any atom is 0.315 e. The molecule has 20 heavy (non-hydrogen) atoms. The third-order valence-corrected chi connectivity index (χ3v) is 3.62. The summed E-state index contributed by atoms with van der Waals surface area (Å²) in [4.78, 5) is 14.2. The maximum atomic E-state index is 11.8. The zero-order valence-corrected chi connectivity index (χ0v) is 12.3. The standard InChI is InChI=1S/C13H24N6O/c1-11(12-17-15-10-18(12)2)16-13(20)14-6-5-9-19-7-3-4-8-19/h10-11H,3-9H2,1-2H3,(H2,14,16,20)/t11-/m1/s1. The highest BCUT2D eigenvalue weighted by molar-refractivity contribution is 5.74. The van der Waals surface area contributed by atoms with Gasteiger partial charge in [-0.3, -0.25) is 0 Å². The molecule has 1 atom stereocenters. The minimum atomic E-state index is -0.152.